The quantitative estimate of drug-likeness (QED) is 0.837. The van der Waals surface area contributed by atoms with Crippen molar-refractivity contribution in [2.75, 3.05) is 19.6 Å². The van der Waals surface area contributed by atoms with Crippen molar-refractivity contribution in [3.63, 3.8) is 0 Å². The molecule has 0 spiro atoms. The molecule has 17 heavy (non-hydrogen) atoms. The molecular weight excluding hydrogens is 208 g/mol. The van der Waals surface area contributed by atoms with Gasteiger partial charge in [-0.3, -0.25) is 4.90 Å². The van der Waals surface area contributed by atoms with Gasteiger partial charge < -0.3 is 5.32 Å². The lowest BCUT2D eigenvalue weighted by Gasteiger charge is -2.37. The highest BCUT2D eigenvalue weighted by molar-refractivity contribution is 5.21. The molecule has 1 N–H and O–H groups in total. The Morgan fingerprint density at radius 3 is 2.88 bits per heavy atom. The normalized spacial score (nSPS) is 29.2. The predicted octanol–water partition coefficient (Wildman–Crippen LogP) is 2.18. The van der Waals surface area contributed by atoms with E-state index >= 15 is 0 Å². The zero-order valence-corrected chi connectivity index (χ0v) is 10.7. The minimum atomic E-state index is 0.782. The Labute approximate surface area is 104 Å². The number of nitrogens with one attached hydrogen (secondary N) is 1. The monoisotopic (exact) mass is 230 g/mol. The van der Waals surface area contributed by atoms with Crippen LogP contribution in [-0.4, -0.2) is 30.6 Å². The Kier molecular flexibility index (Phi) is 3.17. The van der Waals surface area contributed by atoms with Gasteiger partial charge in [-0.1, -0.05) is 29.8 Å². The Bertz CT molecular complexity index is 371. The average Bonchev–Trinajstić information content (AvgIpc) is 2.81. The molecule has 2 saturated heterocycles. The maximum Gasteiger partial charge on any atom is 0.0264 e. The van der Waals surface area contributed by atoms with Crippen LogP contribution in [-0.2, 0) is 6.54 Å². The van der Waals surface area contributed by atoms with Gasteiger partial charge in [0.25, 0.3) is 0 Å². The van der Waals surface area contributed by atoms with E-state index in [-0.39, 0.29) is 0 Å². The van der Waals surface area contributed by atoms with Gasteiger partial charge in [0.05, 0.1) is 0 Å². The van der Waals surface area contributed by atoms with Gasteiger partial charge in [-0.2, -0.15) is 0 Å². The van der Waals surface area contributed by atoms with Crippen LogP contribution in [0.25, 0.3) is 0 Å². The van der Waals surface area contributed by atoms with Crippen LogP contribution in [0.5, 0.6) is 0 Å². The number of benzene rings is 1. The zero-order valence-electron chi connectivity index (χ0n) is 10.7. The average molecular weight is 230 g/mol. The Balaban J connectivity index is 1.69. The number of nitrogens with zero attached hydrogens (tertiary/aromatic N) is 1. The molecule has 0 aromatic heterocycles. The van der Waals surface area contributed by atoms with Gasteiger partial charge in [0.2, 0.25) is 0 Å². The van der Waals surface area contributed by atoms with E-state index in [0.717, 1.165) is 18.5 Å². The maximum atomic E-state index is 3.55. The van der Waals surface area contributed by atoms with Crippen molar-refractivity contribution < 1.29 is 0 Å². The molecule has 2 aliphatic heterocycles. The fourth-order valence-electron chi connectivity index (χ4n) is 3.29. The van der Waals surface area contributed by atoms with E-state index in [9.17, 15) is 0 Å². The molecule has 0 radical (unpaired) electrons. The van der Waals surface area contributed by atoms with Crippen LogP contribution in [0.4, 0.5) is 0 Å². The first-order valence-corrected chi connectivity index (χ1v) is 6.83. The van der Waals surface area contributed by atoms with Crippen molar-refractivity contribution in [1.29, 1.82) is 0 Å². The first-order chi connectivity index (χ1) is 8.33. The molecule has 92 valence electrons. The predicted molar refractivity (Wildman–Crippen MR) is 71.0 cm³/mol. The summed E-state index contributed by atoms with van der Waals surface area (Å²) in [5.74, 6) is 0.897. The molecule has 0 saturated carbocycles. The molecule has 0 aliphatic carbocycles. The number of piperidine rings is 1. The summed E-state index contributed by atoms with van der Waals surface area (Å²) in [5, 5.41) is 3.55. The highest BCUT2D eigenvalue weighted by atomic mass is 15.2. The molecule has 2 heterocycles. The van der Waals surface area contributed by atoms with Crippen molar-refractivity contribution in [2.24, 2.45) is 5.92 Å². The summed E-state index contributed by atoms with van der Waals surface area (Å²) in [6.45, 7) is 6.98. The van der Waals surface area contributed by atoms with E-state index in [0.29, 0.717) is 0 Å². The Morgan fingerprint density at radius 1 is 1.24 bits per heavy atom. The maximum absolute atomic E-state index is 3.55. The molecule has 2 fully saturated rings. The number of hydrogen-bond donors (Lipinski definition) is 1. The molecule has 1 aromatic rings. The summed E-state index contributed by atoms with van der Waals surface area (Å²) in [6.07, 6.45) is 2.79. The summed E-state index contributed by atoms with van der Waals surface area (Å²) in [5.41, 5.74) is 2.82. The number of fused-ring (bicyclic) bond motifs is 1. The smallest absolute Gasteiger partial charge is 0.0264 e. The standard InChI is InChI=1S/C15H22N2/c1-12-4-6-13(7-5-12)11-17-8-2-3-14-9-16-10-15(14)17/h4-7,14-16H,2-3,8-11H2,1H3. The fraction of sp³-hybridized carbons (Fsp3) is 0.600. The highest BCUT2D eigenvalue weighted by Gasteiger charge is 2.34. The lowest BCUT2D eigenvalue weighted by atomic mass is 9.91. The van der Waals surface area contributed by atoms with Crippen LogP contribution in [0.15, 0.2) is 24.3 Å². The molecule has 2 heteroatoms. The summed E-state index contributed by atoms with van der Waals surface area (Å²) < 4.78 is 0. The van der Waals surface area contributed by atoms with E-state index < -0.39 is 0 Å². The number of aryl methyl sites for hydroxylation is 1. The summed E-state index contributed by atoms with van der Waals surface area (Å²) in [4.78, 5) is 2.68. The van der Waals surface area contributed by atoms with Gasteiger partial charge in [0, 0.05) is 19.1 Å². The molecule has 3 rings (SSSR count). The van der Waals surface area contributed by atoms with E-state index in [1.54, 1.807) is 0 Å². The second-order valence-electron chi connectivity index (χ2n) is 5.58. The lowest BCUT2D eigenvalue weighted by molar-refractivity contribution is 0.117. The van der Waals surface area contributed by atoms with Crippen LogP contribution in [0.1, 0.15) is 24.0 Å². The fourth-order valence-corrected chi connectivity index (χ4v) is 3.29. The van der Waals surface area contributed by atoms with Crippen molar-refractivity contribution in [2.45, 2.75) is 32.4 Å². The zero-order chi connectivity index (χ0) is 11.7. The van der Waals surface area contributed by atoms with E-state index in [1.165, 1.54) is 43.6 Å². The SMILES string of the molecule is Cc1ccc(CN2CCCC3CNCC32)cc1. The number of likely N-dealkylation sites (tertiary alicyclic amines) is 1. The van der Waals surface area contributed by atoms with Crippen LogP contribution < -0.4 is 5.32 Å². The van der Waals surface area contributed by atoms with E-state index in [2.05, 4.69) is 41.4 Å². The first kappa shape index (κ1) is 11.2. The molecule has 2 atom stereocenters. The molecule has 2 aliphatic rings. The molecule has 0 amide bonds. The van der Waals surface area contributed by atoms with Crippen molar-refractivity contribution >= 4 is 0 Å². The van der Waals surface area contributed by atoms with E-state index in [4.69, 9.17) is 0 Å². The van der Waals surface area contributed by atoms with Crippen molar-refractivity contribution in [3.05, 3.63) is 35.4 Å². The third-order valence-electron chi connectivity index (χ3n) is 4.30. The minimum Gasteiger partial charge on any atom is -0.315 e. The van der Waals surface area contributed by atoms with Gasteiger partial charge in [-0.05, 0) is 44.3 Å². The molecule has 2 unspecified atom stereocenters. The number of rotatable bonds is 2. The van der Waals surface area contributed by atoms with Gasteiger partial charge in [-0.15, -0.1) is 0 Å². The number of hydrogen-bond acceptors (Lipinski definition) is 2. The van der Waals surface area contributed by atoms with Crippen LogP contribution in [0.2, 0.25) is 0 Å². The van der Waals surface area contributed by atoms with Crippen molar-refractivity contribution in [3.8, 4) is 0 Å². The Morgan fingerprint density at radius 2 is 2.06 bits per heavy atom. The van der Waals surface area contributed by atoms with Gasteiger partial charge in [0.15, 0.2) is 0 Å². The lowest BCUT2D eigenvalue weighted by Crippen LogP contribution is -2.44. The second-order valence-corrected chi connectivity index (χ2v) is 5.58. The molecule has 1 aromatic carbocycles. The van der Waals surface area contributed by atoms with Crippen LogP contribution in [0.3, 0.4) is 0 Å². The van der Waals surface area contributed by atoms with Crippen LogP contribution in [0, 0.1) is 12.8 Å². The molecule has 2 nitrogen and oxygen atoms in total. The van der Waals surface area contributed by atoms with Crippen LogP contribution >= 0.6 is 0 Å². The second kappa shape index (κ2) is 4.79. The van der Waals surface area contributed by atoms with E-state index in [1.807, 2.05) is 0 Å². The summed E-state index contributed by atoms with van der Waals surface area (Å²) >= 11 is 0. The van der Waals surface area contributed by atoms with Crippen molar-refractivity contribution in [1.82, 2.24) is 10.2 Å². The van der Waals surface area contributed by atoms with Gasteiger partial charge in [-0.25, -0.2) is 0 Å². The van der Waals surface area contributed by atoms with Gasteiger partial charge in [0.1, 0.15) is 0 Å². The largest absolute Gasteiger partial charge is 0.315 e. The summed E-state index contributed by atoms with van der Waals surface area (Å²) in [6, 6.07) is 9.79. The molecular formula is C15H22N2. The molecule has 0 bridgehead atoms. The third kappa shape index (κ3) is 2.38. The third-order valence-corrected chi connectivity index (χ3v) is 4.30. The first-order valence-electron chi connectivity index (χ1n) is 6.83. The topological polar surface area (TPSA) is 15.3 Å². The minimum absolute atomic E-state index is 0.782. The summed E-state index contributed by atoms with van der Waals surface area (Å²) in [7, 11) is 0. The highest BCUT2D eigenvalue weighted by Crippen LogP contribution is 2.27. The Hall–Kier alpha value is -0.860. The van der Waals surface area contributed by atoms with Gasteiger partial charge >= 0.3 is 0 Å².